The van der Waals surface area contributed by atoms with Crippen LogP contribution in [0.15, 0.2) is 30.3 Å². The molecular formula is C14H20N2O2. The van der Waals surface area contributed by atoms with Gasteiger partial charge in [-0.25, -0.2) is 0 Å². The number of para-hydroxylation sites is 1. The third kappa shape index (κ3) is 4.99. The van der Waals surface area contributed by atoms with Crippen molar-refractivity contribution in [3.05, 3.63) is 30.3 Å². The van der Waals surface area contributed by atoms with Crippen LogP contribution < -0.4 is 10.6 Å². The molecule has 1 aromatic rings. The molecule has 1 aromatic carbocycles. The van der Waals surface area contributed by atoms with Crippen LogP contribution in [0.5, 0.6) is 0 Å². The second-order valence-corrected chi connectivity index (χ2v) is 4.74. The molecule has 4 nitrogen and oxygen atoms in total. The third-order valence-corrected chi connectivity index (χ3v) is 2.44. The minimum absolute atomic E-state index is 0.176. The highest BCUT2D eigenvalue weighted by molar-refractivity contribution is 5.96. The standard InChI is InChI=1S/C14H20N2O2/c1-10(2)9-13(15-11(3)17)14(18)16-12-7-5-4-6-8-12/h4-8,10,13H,9H2,1-3H3,(H,15,17)(H,16,18)/t13-/m0/s1. The average Bonchev–Trinajstić information content (AvgIpc) is 2.28. The Balaban J connectivity index is 2.67. The number of amides is 2. The first-order valence-corrected chi connectivity index (χ1v) is 6.12. The lowest BCUT2D eigenvalue weighted by molar-refractivity contribution is -0.125. The van der Waals surface area contributed by atoms with Crippen LogP contribution in [0.1, 0.15) is 27.2 Å². The fourth-order valence-electron chi connectivity index (χ4n) is 1.70. The van der Waals surface area contributed by atoms with Crippen LogP contribution in [0.4, 0.5) is 5.69 Å². The quantitative estimate of drug-likeness (QED) is 0.839. The summed E-state index contributed by atoms with van der Waals surface area (Å²) in [4.78, 5) is 23.2. The van der Waals surface area contributed by atoms with Crippen LogP contribution in [0.2, 0.25) is 0 Å². The first-order chi connectivity index (χ1) is 8.49. The predicted molar refractivity (Wildman–Crippen MR) is 72.1 cm³/mol. The van der Waals surface area contributed by atoms with Crippen LogP contribution >= 0.6 is 0 Å². The first-order valence-electron chi connectivity index (χ1n) is 6.12. The van der Waals surface area contributed by atoms with Crippen LogP contribution in [0, 0.1) is 5.92 Å². The molecule has 0 bridgehead atoms. The van der Waals surface area contributed by atoms with Crippen molar-refractivity contribution in [2.24, 2.45) is 5.92 Å². The van der Waals surface area contributed by atoms with E-state index in [1.54, 1.807) is 0 Å². The summed E-state index contributed by atoms with van der Waals surface area (Å²) in [7, 11) is 0. The second-order valence-electron chi connectivity index (χ2n) is 4.74. The van der Waals surface area contributed by atoms with Gasteiger partial charge in [-0.3, -0.25) is 9.59 Å². The Hall–Kier alpha value is -1.84. The number of carbonyl (C=O) groups excluding carboxylic acids is 2. The zero-order valence-electron chi connectivity index (χ0n) is 11.1. The largest absolute Gasteiger partial charge is 0.345 e. The van der Waals surface area contributed by atoms with Gasteiger partial charge in [-0.15, -0.1) is 0 Å². The monoisotopic (exact) mass is 248 g/mol. The van der Waals surface area contributed by atoms with Crippen molar-refractivity contribution in [3.63, 3.8) is 0 Å². The summed E-state index contributed by atoms with van der Waals surface area (Å²) in [5, 5.41) is 5.48. The number of benzene rings is 1. The molecular weight excluding hydrogens is 228 g/mol. The SMILES string of the molecule is CC(=O)N[C@@H](CC(C)C)C(=O)Nc1ccccc1. The molecule has 1 rings (SSSR count). The van der Waals surface area contributed by atoms with E-state index in [0.29, 0.717) is 12.3 Å². The number of hydrogen-bond donors (Lipinski definition) is 2. The Morgan fingerprint density at radius 1 is 1.17 bits per heavy atom. The number of carbonyl (C=O) groups is 2. The average molecular weight is 248 g/mol. The topological polar surface area (TPSA) is 58.2 Å². The van der Waals surface area contributed by atoms with Crippen LogP contribution in [0.3, 0.4) is 0 Å². The summed E-state index contributed by atoms with van der Waals surface area (Å²) in [5.74, 6) is -0.0302. The molecule has 0 unspecified atom stereocenters. The van der Waals surface area contributed by atoms with Gasteiger partial charge in [-0.1, -0.05) is 32.0 Å². The molecule has 0 radical (unpaired) electrons. The number of nitrogens with one attached hydrogen (secondary N) is 2. The molecule has 2 N–H and O–H groups in total. The van der Waals surface area contributed by atoms with E-state index in [1.807, 2.05) is 44.2 Å². The lowest BCUT2D eigenvalue weighted by Gasteiger charge is -2.19. The molecule has 0 spiro atoms. The zero-order valence-corrected chi connectivity index (χ0v) is 11.1. The van der Waals surface area contributed by atoms with Crippen molar-refractivity contribution in [2.45, 2.75) is 33.2 Å². The molecule has 0 aliphatic carbocycles. The Labute approximate surface area is 108 Å². The molecule has 0 saturated heterocycles. The van der Waals surface area contributed by atoms with E-state index in [9.17, 15) is 9.59 Å². The zero-order chi connectivity index (χ0) is 13.5. The van der Waals surface area contributed by atoms with Gasteiger partial charge in [0.25, 0.3) is 0 Å². The molecule has 1 atom stereocenters. The molecule has 0 aliphatic rings. The molecule has 4 heteroatoms. The smallest absolute Gasteiger partial charge is 0.246 e. The van der Waals surface area contributed by atoms with E-state index in [-0.39, 0.29) is 11.8 Å². The first kappa shape index (κ1) is 14.2. The van der Waals surface area contributed by atoms with Crippen LogP contribution in [-0.2, 0) is 9.59 Å². The summed E-state index contributed by atoms with van der Waals surface area (Å²) >= 11 is 0. The molecule has 18 heavy (non-hydrogen) atoms. The lowest BCUT2D eigenvalue weighted by Crippen LogP contribution is -2.43. The fraction of sp³-hybridized carbons (Fsp3) is 0.429. The molecule has 0 aliphatic heterocycles. The van der Waals surface area contributed by atoms with Gasteiger partial charge in [-0.05, 0) is 24.5 Å². The maximum atomic E-state index is 12.1. The minimum Gasteiger partial charge on any atom is -0.345 e. The minimum atomic E-state index is -0.484. The third-order valence-electron chi connectivity index (χ3n) is 2.44. The van der Waals surface area contributed by atoms with Crippen molar-refractivity contribution >= 4 is 17.5 Å². The van der Waals surface area contributed by atoms with Crippen LogP contribution in [0.25, 0.3) is 0 Å². The Morgan fingerprint density at radius 3 is 2.28 bits per heavy atom. The Bertz CT molecular complexity index is 402. The van der Waals surface area contributed by atoms with Crippen molar-refractivity contribution < 1.29 is 9.59 Å². The Kier molecular flexibility index (Phi) is 5.36. The van der Waals surface area contributed by atoms with E-state index < -0.39 is 6.04 Å². The fourth-order valence-corrected chi connectivity index (χ4v) is 1.70. The van der Waals surface area contributed by atoms with Gasteiger partial charge in [0.2, 0.25) is 11.8 Å². The maximum absolute atomic E-state index is 12.1. The summed E-state index contributed by atoms with van der Waals surface area (Å²) in [6.07, 6.45) is 0.623. The van der Waals surface area contributed by atoms with Gasteiger partial charge in [0, 0.05) is 12.6 Å². The molecule has 2 amide bonds. The van der Waals surface area contributed by atoms with Gasteiger partial charge in [0.1, 0.15) is 6.04 Å². The van der Waals surface area contributed by atoms with E-state index >= 15 is 0 Å². The summed E-state index contributed by atoms with van der Waals surface area (Å²) in [6, 6.07) is 8.74. The highest BCUT2D eigenvalue weighted by atomic mass is 16.2. The van der Waals surface area contributed by atoms with E-state index in [2.05, 4.69) is 10.6 Å². The van der Waals surface area contributed by atoms with Gasteiger partial charge < -0.3 is 10.6 Å². The molecule has 0 saturated carbocycles. The van der Waals surface area contributed by atoms with Gasteiger partial charge in [0.15, 0.2) is 0 Å². The lowest BCUT2D eigenvalue weighted by atomic mass is 10.0. The van der Waals surface area contributed by atoms with Crippen molar-refractivity contribution in [1.29, 1.82) is 0 Å². The highest BCUT2D eigenvalue weighted by Crippen LogP contribution is 2.10. The molecule has 0 aromatic heterocycles. The van der Waals surface area contributed by atoms with E-state index in [4.69, 9.17) is 0 Å². The maximum Gasteiger partial charge on any atom is 0.246 e. The number of rotatable bonds is 5. The van der Waals surface area contributed by atoms with Crippen molar-refractivity contribution in [1.82, 2.24) is 5.32 Å². The predicted octanol–water partition coefficient (Wildman–Crippen LogP) is 2.18. The van der Waals surface area contributed by atoms with E-state index in [0.717, 1.165) is 5.69 Å². The normalized spacial score (nSPS) is 12.0. The molecule has 0 heterocycles. The summed E-state index contributed by atoms with van der Waals surface area (Å²) in [6.45, 7) is 5.46. The van der Waals surface area contributed by atoms with Crippen molar-refractivity contribution in [3.8, 4) is 0 Å². The summed E-state index contributed by atoms with van der Waals surface area (Å²) < 4.78 is 0. The summed E-state index contributed by atoms with van der Waals surface area (Å²) in [5.41, 5.74) is 0.738. The molecule has 98 valence electrons. The Morgan fingerprint density at radius 2 is 1.78 bits per heavy atom. The van der Waals surface area contributed by atoms with Gasteiger partial charge in [-0.2, -0.15) is 0 Å². The number of hydrogen-bond acceptors (Lipinski definition) is 2. The van der Waals surface area contributed by atoms with Crippen molar-refractivity contribution in [2.75, 3.05) is 5.32 Å². The van der Waals surface area contributed by atoms with E-state index in [1.165, 1.54) is 6.92 Å². The van der Waals surface area contributed by atoms with Crippen LogP contribution in [-0.4, -0.2) is 17.9 Å². The van der Waals surface area contributed by atoms with Gasteiger partial charge in [0.05, 0.1) is 0 Å². The van der Waals surface area contributed by atoms with Gasteiger partial charge >= 0.3 is 0 Å². The second kappa shape index (κ2) is 6.79. The number of anilines is 1. The molecule has 0 fully saturated rings. The highest BCUT2D eigenvalue weighted by Gasteiger charge is 2.20.